The Hall–Kier alpha value is -2.08. The van der Waals surface area contributed by atoms with Crippen molar-refractivity contribution in [1.82, 2.24) is 15.6 Å². The van der Waals surface area contributed by atoms with Crippen molar-refractivity contribution < 1.29 is 4.74 Å². The summed E-state index contributed by atoms with van der Waals surface area (Å²) in [4.78, 5) is 10.3. The second kappa shape index (κ2) is 10.0. The summed E-state index contributed by atoms with van der Waals surface area (Å²) in [6.45, 7) is 10.4. The average Bonchev–Trinajstić information content (AvgIpc) is 3.07. The highest BCUT2D eigenvalue weighted by Gasteiger charge is 2.07. The Balaban J connectivity index is 1.87. The van der Waals surface area contributed by atoms with Gasteiger partial charge in [0.05, 0.1) is 13.1 Å². The van der Waals surface area contributed by atoms with Gasteiger partial charge in [-0.3, -0.25) is 0 Å². The predicted molar refractivity (Wildman–Crippen MR) is 106 cm³/mol. The third kappa shape index (κ3) is 6.38. The molecule has 0 aliphatic heterocycles. The van der Waals surface area contributed by atoms with Crippen molar-refractivity contribution in [2.75, 3.05) is 13.1 Å². The zero-order valence-corrected chi connectivity index (χ0v) is 16.3. The van der Waals surface area contributed by atoms with E-state index in [4.69, 9.17) is 4.74 Å². The van der Waals surface area contributed by atoms with Crippen LogP contribution in [0.5, 0.6) is 5.75 Å². The van der Waals surface area contributed by atoms with Gasteiger partial charge in [0.15, 0.2) is 5.96 Å². The number of hydrogen-bond donors (Lipinski definition) is 2. The summed E-state index contributed by atoms with van der Waals surface area (Å²) in [5.74, 6) is 1.71. The van der Waals surface area contributed by atoms with Gasteiger partial charge in [0.25, 0.3) is 0 Å². The predicted octanol–water partition coefficient (Wildman–Crippen LogP) is 3.54. The number of benzene rings is 1. The molecule has 1 unspecified atom stereocenters. The van der Waals surface area contributed by atoms with E-state index in [1.807, 2.05) is 24.4 Å². The topological polar surface area (TPSA) is 58.5 Å². The Labute approximate surface area is 154 Å². The molecule has 5 nitrogen and oxygen atoms in total. The summed E-state index contributed by atoms with van der Waals surface area (Å²) in [5, 5.41) is 7.65. The molecular weight excluding hydrogens is 332 g/mol. The van der Waals surface area contributed by atoms with E-state index in [2.05, 4.69) is 54.4 Å². The van der Waals surface area contributed by atoms with E-state index in [0.29, 0.717) is 13.1 Å². The Morgan fingerprint density at radius 2 is 2.08 bits per heavy atom. The van der Waals surface area contributed by atoms with Crippen molar-refractivity contribution in [1.29, 1.82) is 0 Å². The Morgan fingerprint density at radius 3 is 2.76 bits per heavy atom. The zero-order chi connectivity index (χ0) is 18.1. The van der Waals surface area contributed by atoms with Crippen LogP contribution in [0.4, 0.5) is 0 Å². The lowest BCUT2D eigenvalue weighted by Gasteiger charge is -2.18. The number of hydrogen-bond acceptors (Lipinski definition) is 4. The second-order valence-corrected chi connectivity index (χ2v) is 7.04. The lowest BCUT2D eigenvalue weighted by molar-refractivity contribution is 0.222. The van der Waals surface area contributed by atoms with Crippen molar-refractivity contribution >= 4 is 17.3 Å². The summed E-state index contributed by atoms with van der Waals surface area (Å²) in [7, 11) is 0. The Kier molecular flexibility index (Phi) is 7.73. The van der Waals surface area contributed by atoms with E-state index < -0.39 is 0 Å². The molecule has 1 aromatic carbocycles. The normalized spacial score (nSPS) is 12.7. The van der Waals surface area contributed by atoms with Crippen molar-refractivity contribution in [2.45, 2.75) is 46.8 Å². The van der Waals surface area contributed by atoms with Gasteiger partial charge in [0.1, 0.15) is 16.9 Å². The maximum atomic E-state index is 6.00. The van der Waals surface area contributed by atoms with E-state index in [9.17, 15) is 0 Å². The highest BCUT2D eigenvalue weighted by Crippen LogP contribution is 2.17. The first kappa shape index (κ1) is 19.2. The highest BCUT2D eigenvalue weighted by molar-refractivity contribution is 7.11. The van der Waals surface area contributed by atoms with Gasteiger partial charge >= 0.3 is 0 Å². The van der Waals surface area contributed by atoms with E-state index in [1.165, 1.54) is 4.88 Å². The molecule has 2 rings (SSSR count). The molecule has 1 aromatic heterocycles. The lowest BCUT2D eigenvalue weighted by atomic mass is 10.2. The fraction of sp³-hybridized carbons (Fsp3) is 0.474. The maximum Gasteiger partial charge on any atom is 0.191 e. The molecule has 2 aromatic rings. The van der Waals surface area contributed by atoms with E-state index in [-0.39, 0.29) is 6.10 Å². The average molecular weight is 361 g/mol. The van der Waals surface area contributed by atoms with E-state index in [0.717, 1.165) is 35.2 Å². The van der Waals surface area contributed by atoms with Crippen LogP contribution in [-0.4, -0.2) is 30.1 Å². The molecule has 0 bridgehead atoms. The number of nitrogens with one attached hydrogen (secondary N) is 2. The standard InChI is InChI=1S/C19H28N4OS/c1-5-16-12-21-18(25-16)13-23-19(20-6-2)22-11-15(4)24-17-10-8-7-9-14(17)3/h7-10,12,15H,5-6,11,13H2,1-4H3,(H2,20,22,23). The molecule has 1 heterocycles. The van der Waals surface area contributed by atoms with Crippen LogP contribution in [0.25, 0.3) is 0 Å². The molecule has 1 atom stereocenters. The zero-order valence-electron chi connectivity index (χ0n) is 15.5. The van der Waals surface area contributed by atoms with E-state index >= 15 is 0 Å². The molecule has 0 aliphatic carbocycles. The molecule has 0 aliphatic rings. The quantitative estimate of drug-likeness (QED) is 0.558. The number of thiazole rings is 1. The number of para-hydroxylation sites is 1. The fourth-order valence-electron chi connectivity index (χ4n) is 2.26. The summed E-state index contributed by atoms with van der Waals surface area (Å²) >= 11 is 1.72. The fourth-order valence-corrected chi connectivity index (χ4v) is 3.05. The monoisotopic (exact) mass is 360 g/mol. The summed E-state index contributed by atoms with van der Waals surface area (Å²) in [5.41, 5.74) is 1.14. The number of rotatable bonds is 8. The molecule has 25 heavy (non-hydrogen) atoms. The number of aliphatic imine (C=N–C) groups is 1. The van der Waals surface area contributed by atoms with E-state index in [1.54, 1.807) is 11.3 Å². The van der Waals surface area contributed by atoms with Crippen LogP contribution < -0.4 is 15.4 Å². The number of ether oxygens (including phenoxy) is 1. The molecule has 0 radical (unpaired) electrons. The minimum Gasteiger partial charge on any atom is -0.489 e. The maximum absolute atomic E-state index is 6.00. The third-order valence-electron chi connectivity index (χ3n) is 3.65. The first-order chi connectivity index (χ1) is 12.1. The van der Waals surface area contributed by atoms with Crippen LogP contribution in [0.15, 0.2) is 35.5 Å². The van der Waals surface area contributed by atoms with Gasteiger partial charge in [-0.1, -0.05) is 25.1 Å². The van der Waals surface area contributed by atoms with Gasteiger partial charge in [-0.2, -0.15) is 0 Å². The second-order valence-electron chi connectivity index (χ2n) is 5.84. The minimum atomic E-state index is 0.0384. The van der Waals surface area contributed by atoms with Crippen LogP contribution in [-0.2, 0) is 13.0 Å². The van der Waals surface area contributed by atoms with Crippen molar-refractivity contribution in [2.24, 2.45) is 4.99 Å². The Morgan fingerprint density at radius 1 is 1.28 bits per heavy atom. The van der Waals surface area contributed by atoms with Crippen LogP contribution in [0, 0.1) is 6.92 Å². The van der Waals surface area contributed by atoms with Crippen molar-refractivity contribution in [3.63, 3.8) is 0 Å². The summed E-state index contributed by atoms with van der Waals surface area (Å²) in [6.07, 6.45) is 3.00. The molecule has 0 fully saturated rings. The first-order valence-electron chi connectivity index (χ1n) is 8.80. The molecule has 2 N–H and O–H groups in total. The van der Waals surface area contributed by atoms with Crippen LogP contribution >= 0.6 is 11.3 Å². The van der Waals surface area contributed by atoms with Gasteiger partial charge in [-0.25, -0.2) is 9.98 Å². The highest BCUT2D eigenvalue weighted by atomic mass is 32.1. The molecule has 0 amide bonds. The van der Waals surface area contributed by atoms with Crippen molar-refractivity contribution in [3.05, 3.63) is 45.9 Å². The van der Waals surface area contributed by atoms with Gasteiger partial charge in [0.2, 0.25) is 0 Å². The molecule has 0 spiro atoms. The lowest BCUT2D eigenvalue weighted by Crippen LogP contribution is -2.41. The van der Waals surface area contributed by atoms with Gasteiger partial charge in [0, 0.05) is 17.6 Å². The molecule has 0 saturated heterocycles. The van der Waals surface area contributed by atoms with Crippen LogP contribution in [0.1, 0.15) is 36.2 Å². The molecule has 0 saturated carbocycles. The number of guanidine groups is 1. The smallest absolute Gasteiger partial charge is 0.191 e. The largest absolute Gasteiger partial charge is 0.489 e. The number of nitrogens with zero attached hydrogens (tertiary/aromatic N) is 2. The summed E-state index contributed by atoms with van der Waals surface area (Å²) < 4.78 is 6.00. The number of aromatic nitrogens is 1. The van der Waals surface area contributed by atoms with Crippen LogP contribution in [0.3, 0.4) is 0 Å². The van der Waals surface area contributed by atoms with Gasteiger partial charge in [-0.15, -0.1) is 11.3 Å². The van der Waals surface area contributed by atoms with Crippen molar-refractivity contribution in [3.8, 4) is 5.75 Å². The van der Waals surface area contributed by atoms with Crippen LogP contribution in [0.2, 0.25) is 0 Å². The third-order valence-corrected chi connectivity index (χ3v) is 4.77. The van der Waals surface area contributed by atoms with Gasteiger partial charge < -0.3 is 15.4 Å². The Bertz CT molecular complexity index is 684. The first-order valence-corrected chi connectivity index (χ1v) is 9.62. The summed E-state index contributed by atoms with van der Waals surface area (Å²) in [6, 6.07) is 8.06. The minimum absolute atomic E-state index is 0.0384. The van der Waals surface area contributed by atoms with Gasteiger partial charge in [-0.05, 0) is 38.8 Å². The molecular formula is C19H28N4OS. The number of aryl methyl sites for hydroxylation is 2. The SMILES string of the molecule is CCNC(=NCc1ncc(CC)s1)NCC(C)Oc1ccccc1C. The molecule has 6 heteroatoms. The molecule has 136 valence electrons.